The average Bonchev–Trinajstić information content (AvgIpc) is 3.63. The van der Waals surface area contributed by atoms with Crippen LogP contribution < -0.4 is 9.64 Å². The molecule has 8 nitrogen and oxygen atoms in total. The van der Waals surface area contributed by atoms with Gasteiger partial charge >= 0.3 is 0 Å². The Morgan fingerprint density at radius 3 is 2.54 bits per heavy atom. The van der Waals surface area contributed by atoms with Crippen molar-refractivity contribution in [3.05, 3.63) is 82.6 Å². The van der Waals surface area contributed by atoms with E-state index in [1.54, 1.807) is 40.0 Å². The van der Waals surface area contributed by atoms with E-state index in [1.165, 1.54) is 0 Å². The van der Waals surface area contributed by atoms with Gasteiger partial charge < -0.3 is 14.4 Å². The molecule has 4 heterocycles. The lowest BCUT2D eigenvalue weighted by molar-refractivity contribution is -0.134. The zero-order valence-electron chi connectivity index (χ0n) is 21.5. The first-order valence-electron chi connectivity index (χ1n) is 12.8. The number of carbonyl (C=O) groups excluding carboxylic acids is 2. The van der Waals surface area contributed by atoms with Crippen molar-refractivity contribution >= 4 is 40.7 Å². The molecule has 2 amide bonds. The summed E-state index contributed by atoms with van der Waals surface area (Å²) in [5.74, 6) is 1.40. The van der Waals surface area contributed by atoms with Crippen LogP contribution in [0.2, 0.25) is 0 Å². The molecule has 0 bridgehead atoms. The van der Waals surface area contributed by atoms with Crippen LogP contribution in [0.25, 0.3) is 16.9 Å². The number of amides is 2. The van der Waals surface area contributed by atoms with Gasteiger partial charge in [-0.3, -0.25) is 14.5 Å². The van der Waals surface area contributed by atoms with Gasteiger partial charge in [0.2, 0.25) is 11.8 Å². The molecule has 39 heavy (non-hydrogen) atoms. The number of hydrogen-bond donors (Lipinski definition) is 0. The molecule has 10 heteroatoms. The minimum Gasteiger partial charge on any atom is -0.497 e. The Bertz CT molecular complexity index is 1450. The van der Waals surface area contributed by atoms with Gasteiger partial charge in [-0.05, 0) is 46.7 Å². The molecule has 6 rings (SSSR count). The molecule has 0 saturated carbocycles. The van der Waals surface area contributed by atoms with Crippen LogP contribution in [0.15, 0.2) is 71.4 Å². The van der Waals surface area contributed by atoms with Crippen molar-refractivity contribution < 1.29 is 19.1 Å². The van der Waals surface area contributed by atoms with Crippen LogP contribution in [0.1, 0.15) is 16.4 Å². The minimum absolute atomic E-state index is 0.0567. The molecule has 1 atom stereocenters. The lowest BCUT2D eigenvalue weighted by Gasteiger charge is -2.30. The Balaban J connectivity index is 1.56. The summed E-state index contributed by atoms with van der Waals surface area (Å²) in [5, 5.41) is 9.18. The second-order valence-corrected chi connectivity index (χ2v) is 11.2. The number of ether oxygens (including phenoxy) is 2. The maximum atomic E-state index is 13.8. The Morgan fingerprint density at radius 2 is 1.85 bits per heavy atom. The minimum atomic E-state index is -0.124. The topological polar surface area (TPSA) is 76.9 Å². The molecule has 0 N–H and O–H groups in total. The van der Waals surface area contributed by atoms with Gasteiger partial charge in [0.25, 0.3) is 0 Å². The average molecular weight is 561 g/mol. The lowest BCUT2D eigenvalue weighted by Crippen LogP contribution is -2.48. The van der Waals surface area contributed by atoms with E-state index >= 15 is 0 Å². The number of carbonyl (C=O) groups is 2. The van der Waals surface area contributed by atoms with Gasteiger partial charge in [0.1, 0.15) is 18.1 Å². The summed E-state index contributed by atoms with van der Waals surface area (Å²) in [6, 6.07) is 19.7. The van der Waals surface area contributed by atoms with E-state index in [2.05, 4.69) is 16.8 Å². The van der Waals surface area contributed by atoms with Crippen LogP contribution >= 0.6 is 23.1 Å². The molecule has 2 aliphatic heterocycles. The smallest absolute Gasteiger partial charge is 0.242 e. The van der Waals surface area contributed by atoms with Crippen molar-refractivity contribution in [1.29, 1.82) is 0 Å². The highest BCUT2D eigenvalue weighted by molar-refractivity contribution is 8.00. The van der Waals surface area contributed by atoms with Gasteiger partial charge in [-0.1, -0.05) is 30.3 Å². The van der Waals surface area contributed by atoms with Crippen LogP contribution in [0.5, 0.6) is 5.75 Å². The number of thiophene rings is 1. The van der Waals surface area contributed by atoms with Crippen molar-refractivity contribution in [2.24, 2.45) is 0 Å². The highest BCUT2D eigenvalue weighted by Crippen LogP contribution is 2.49. The number of aromatic nitrogens is 2. The Labute approximate surface area is 235 Å². The number of rotatable bonds is 6. The van der Waals surface area contributed by atoms with Crippen LogP contribution in [0.4, 0.5) is 5.82 Å². The Kier molecular flexibility index (Phi) is 7.40. The Hall–Kier alpha value is -3.60. The summed E-state index contributed by atoms with van der Waals surface area (Å²) in [5.41, 5.74) is 4.58. The molecular formula is C29H28N4O4S2. The maximum Gasteiger partial charge on any atom is 0.242 e. The third-order valence-electron chi connectivity index (χ3n) is 6.96. The number of hydrogen-bond acceptors (Lipinski definition) is 7. The molecule has 1 fully saturated rings. The fourth-order valence-electron chi connectivity index (χ4n) is 4.97. The third-order valence-corrected chi connectivity index (χ3v) is 8.91. The van der Waals surface area contributed by atoms with E-state index in [-0.39, 0.29) is 29.4 Å². The van der Waals surface area contributed by atoms with Crippen molar-refractivity contribution in [2.45, 2.75) is 5.25 Å². The summed E-state index contributed by atoms with van der Waals surface area (Å²) in [7, 11) is 1.63. The molecular weight excluding hydrogens is 532 g/mol. The number of nitrogens with zero attached hydrogens (tertiary/aromatic N) is 4. The third kappa shape index (κ3) is 5.07. The SMILES string of the molecule is COc1ccc(-n2nc(-c3ccccc3)c3c2N(CC(=O)N2CCOCC2)C(=O)CSC3c2ccsc2)cc1. The van der Waals surface area contributed by atoms with E-state index in [0.717, 1.165) is 33.8 Å². The van der Waals surface area contributed by atoms with Gasteiger partial charge in [0, 0.05) is 24.2 Å². The highest BCUT2D eigenvalue weighted by atomic mass is 32.2. The summed E-state index contributed by atoms with van der Waals surface area (Å²) >= 11 is 3.21. The number of benzene rings is 2. The molecule has 2 aliphatic rings. The summed E-state index contributed by atoms with van der Waals surface area (Å²) in [6.45, 7) is 1.99. The van der Waals surface area contributed by atoms with E-state index in [4.69, 9.17) is 14.6 Å². The van der Waals surface area contributed by atoms with E-state index in [1.807, 2.05) is 59.3 Å². The van der Waals surface area contributed by atoms with Gasteiger partial charge in [-0.15, -0.1) is 11.8 Å². The molecule has 200 valence electrons. The van der Waals surface area contributed by atoms with Gasteiger partial charge in [-0.25, -0.2) is 4.68 Å². The molecule has 4 aromatic rings. The molecule has 0 aliphatic carbocycles. The zero-order valence-corrected chi connectivity index (χ0v) is 23.1. The maximum absolute atomic E-state index is 13.8. The van der Waals surface area contributed by atoms with Gasteiger partial charge in [0.15, 0.2) is 0 Å². The predicted molar refractivity (Wildman–Crippen MR) is 154 cm³/mol. The standard InChI is InChI=1S/C29H28N4O4S2/c1-36-23-9-7-22(8-10-23)33-29-26(27(30-33)20-5-3-2-4-6-20)28(21-11-16-38-18-21)39-19-25(35)32(29)17-24(34)31-12-14-37-15-13-31/h2-11,16,18,28H,12-15,17,19H2,1H3. The van der Waals surface area contributed by atoms with Crippen molar-refractivity contribution in [1.82, 2.24) is 14.7 Å². The number of thioether (sulfide) groups is 1. The fourth-order valence-corrected chi connectivity index (χ4v) is 6.93. The van der Waals surface area contributed by atoms with Crippen LogP contribution in [0, 0.1) is 0 Å². The number of morpholine rings is 1. The monoisotopic (exact) mass is 560 g/mol. The first-order valence-corrected chi connectivity index (χ1v) is 14.8. The van der Waals surface area contributed by atoms with E-state index in [0.29, 0.717) is 32.1 Å². The van der Waals surface area contributed by atoms with E-state index in [9.17, 15) is 9.59 Å². The second kappa shape index (κ2) is 11.3. The largest absolute Gasteiger partial charge is 0.497 e. The summed E-state index contributed by atoms with van der Waals surface area (Å²) in [4.78, 5) is 30.7. The highest BCUT2D eigenvalue weighted by Gasteiger charge is 2.38. The van der Waals surface area contributed by atoms with E-state index < -0.39 is 0 Å². The molecule has 1 saturated heterocycles. The first kappa shape index (κ1) is 25.7. The van der Waals surface area contributed by atoms with Crippen LogP contribution in [-0.2, 0) is 14.3 Å². The second-order valence-electron chi connectivity index (χ2n) is 9.28. The predicted octanol–water partition coefficient (Wildman–Crippen LogP) is 4.64. The summed E-state index contributed by atoms with van der Waals surface area (Å²) in [6.07, 6.45) is 0. The first-order chi connectivity index (χ1) is 19.1. The fraction of sp³-hybridized carbons (Fsp3) is 0.276. The number of anilines is 1. The molecule has 0 spiro atoms. The molecule has 0 radical (unpaired) electrons. The lowest BCUT2D eigenvalue weighted by atomic mass is 10.0. The number of fused-ring (bicyclic) bond motifs is 1. The molecule has 2 aromatic carbocycles. The van der Waals surface area contributed by atoms with Crippen LogP contribution in [-0.4, -0.2) is 72.2 Å². The zero-order chi connectivity index (χ0) is 26.8. The van der Waals surface area contributed by atoms with Crippen molar-refractivity contribution in [3.63, 3.8) is 0 Å². The van der Waals surface area contributed by atoms with Gasteiger partial charge in [0.05, 0.1) is 42.7 Å². The quantitative estimate of drug-likeness (QED) is 0.342. The normalized spacial score (nSPS) is 17.6. The molecule has 2 aromatic heterocycles. The van der Waals surface area contributed by atoms with Gasteiger partial charge in [-0.2, -0.15) is 16.4 Å². The number of methoxy groups -OCH3 is 1. The molecule has 1 unspecified atom stereocenters. The van der Waals surface area contributed by atoms with Crippen molar-refractivity contribution in [2.75, 3.05) is 50.6 Å². The summed E-state index contributed by atoms with van der Waals surface area (Å²) < 4.78 is 12.6. The van der Waals surface area contributed by atoms with Crippen LogP contribution in [0.3, 0.4) is 0 Å². The van der Waals surface area contributed by atoms with Crippen molar-refractivity contribution in [3.8, 4) is 22.7 Å². The Morgan fingerprint density at radius 1 is 1.08 bits per heavy atom.